The summed E-state index contributed by atoms with van der Waals surface area (Å²) in [4.78, 5) is 0. The minimum absolute atomic E-state index is 0.0672. The molecule has 1 aliphatic rings. The molecule has 0 radical (unpaired) electrons. The zero-order chi connectivity index (χ0) is 12.0. The first-order valence-corrected chi connectivity index (χ1v) is 6.19. The van der Waals surface area contributed by atoms with E-state index in [0.29, 0.717) is 0 Å². The molecule has 0 amide bonds. The molecule has 0 unspecified atom stereocenters. The quantitative estimate of drug-likeness (QED) is 0.621. The predicted octanol–water partition coefficient (Wildman–Crippen LogP) is 1.75. The topological polar surface area (TPSA) is 36.1 Å². The lowest BCUT2D eigenvalue weighted by molar-refractivity contribution is 0.305. The third-order valence-corrected chi connectivity index (χ3v) is 3.44. The van der Waals surface area contributed by atoms with E-state index in [0.717, 1.165) is 19.3 Å². The van der Waals surface area contributed by atoms with Gasteiger partial charge in [-0.15, -0.1) is 0 Å². The minimum atomic E-state index is -0.0672. The van der Waals surface area contributed by atoms with Gasteiger partial charge in [-0.1, -0.05) is 19.1 Å². The van der Waals surface area contributed by atoms with Crippen molar-refractivity contribution in [2.24, 2.45) is 0 Å². The average Bonchev–Trinajstić information content (AvgIpc) is 2.35. The maximum absolute atomic E-state index is 3.43. The summed E-state index contributed by atoms with van der Waals surface area (Å²) in [6.07, 6.45) is 9.03. The van der Waals surface area contributed by atoms with Crippen molar-refractivity contribution in [3.63, 3.8) is 0 Å². The molecule has 0 fully saturated rings. The van der Waals surface area contributed by atoms with Crippen LogP contribution in [0.4, 0.5) is 0 Å². The van der Waals surface area contributed by atoms with Crippen molar-refractivity contribution < 1.29 is 0 Å². The lowest BCUT2D eigenvalue weighted by Crippen LogP contribution is -2.57. The van der Waals surface area contributed by atoms with E-state index in [-0.39, 0.29) is 5.66 Å². The van der Waals surface area contributed by atoms with Crippen LogP contribution in [-0.4, -0.2) is 26.8 Å². The molecular formula is C13H25N3. The van der Waals surface area contributed by atoms with Gasteiger partial charge in [0.1, 0.15) is 0 Å². The second kappa shape index (κ2) is 6.06. The van der Waals surface area contributed by atoms with Crippen LogP contribution < -0.4 is 16.0 Å². The maximum Gasteiger partial charge on any atom is 0.0961 e. The largest absolute Gasteiger partial charge is 0.391 e. The van der Waals surface area contributed by atoms with Gasteiger partial charge in [-0.3, -0.25) is 10.6 Å². The molecule has 0 atom stereocenters. The summed E-state index contributed by atoms with van der Waals surface area (Å²) in [7, 11) is 6.06. The SMILES string of the molecule is CCC=CC1=C(NC)CCCC1(NC)NC. The number of rotatable bonds is 5. The number of hydrogen-bond acceptors (Lipinski definition) is 3. The summed E-state index contributed by atoms with van der Waals surface area (Å²) in [5, 5.41) is 10.2. The Morgan fingerprint density at radius 2 is 1.94 bits per heavy atom. The van der Waals surface area contributed by atoms with Crippen molar-refractivity contribution in [2.45, 2.75) is 38.3 Å². The fraction of sp³-hybridized carbons (Fsp3) is 0.692. The van der Waals surface area contributed by atoms with Gasteiger partial charge in [0.15, 0.2) is 0 Å². The van der Waals surface area contributed by atoms with Crippen molar-refractivity contribution in [1.29, 1.82) is 0 Å². The van der Waals surface area contributed by atoms with Crippen LogP contribution in [0.5, 0.6) is 0 Å². The highest BCUT2D eigenvalue weighted by atomic mass is 15.2. The molecule has 0 saturated carbocycles. The third-order valence-electron chi connectivity index (χ3n) is 3.44. The van der Waals surface area contributed by atoms with Crippen molar-refractivity contribution in [3.05, 3.63) is 23.4 Å². The lowest BCUT2D eigenvalue weighted by Gasteiger charge is -2.39. The molecule has 0 aromatic carbocycles. The molecule has 0 bridgehead atoms. The summed E-state index contributed by atoms with van der Waals surface area (Å²) in [6, 6.07) is 0. The molecule has 3 N–H and O–H groups in total. The molecule has 0 aliphatic heterocycles. The molecule has 92 valence electrons. The van der Waals surface area contributed by atoms with Crippen molar-refractivity contribution >= 4 is 0 Å². The lowest BCUT2D eigenvalue weighted by atomic mass is 9.84. The summed E-state index contributed by atoms with van der Waals surface area (Å²) < 4.78 is 0. The first kappa shape index (κ1) is 13.3. The Labute approximate surface area is 99.4 Å². The Kier molecular flexibility index (Phi) is 5.03. The van der Waals surface area contributed by atoms with E-state index in [1.165, 1.54) is 17.7 Å². The fourth-order valence-electron chi connectivity index (χ4n) is 2.44. The standard InChI is InChI=1S/C13H25N3/c1-5-6-8-11-12(14-2)9-7-10-13(11,15-3)16-4/h6,8,14-16H,5,7,9-10H2,1-4H3. The number of nitrogens with one attached hydrogen (secondary N) is 3. The highest BCUT2D eigenvalue weighted by molar-refractivity contribution is 5.36. The van der Waals surface area contributed by atoms with Crippen molar-refractivity contribution in [2.75, 3.05) is 21.1 Å². The number of likely N-dealkylation sites (N-methyl/N-ethyl adjacent to an activating group) is 2. The second-order valence-corrected chi connectivity index (χ2v) is 4.21. The van der Waals surface area contributed by atoms with Gasteiger partial charge < -0.3 is 5.32 Å². The van der Waals surface area contributed by atoms with Crippen molar-refractivity contribution in [3.8, 4) is 0 Å². The van der Waals surface area contributed by atoms with Gasteiger partial charge in [0.2, 0.25) is 0 Å². The molecule has 0 spiro atoms. The Bertz CT molecular complexity index is 275. The van der Waals surface area contributed by atoms with E-state index in [9.17, 15) is 0 Å². The molecule has 1 aliphatic carbocycles. The Morgan fingerprint density at radius 3 is 2.44 bits per heavy atom. The molecule has 3 nitrogen and oxygen atoms in total. The van der Waals surface area contributed by atoms with Gasteiger partial charge in [-0.2, -0.15) is 0 Å². The van der Waals surface area contributed by atoms with Crippen LogP contribution in [0.3, 0.4) is 0 Å². The Hall–Kier alpha value is -0.800. The predicted molar refractivity (Wildman–Crippen MR) is 70.2 cm³/mol. The zero-order valence-electron chi connectivity index (χ0n) is 11.0. The summed E-state index contributed by atoms with van der Waals surface area (Å²) in [5.41, 5.74) is 2.63. The van der Waals surface area contributed by atoms with Gasteiger partial charge in [-0.25, -0.2) is 0 Å². The van der Waals surface area contributed by atoms with E-state index in [1.54, 1.807) is 0 Å². The van der Waals surface area contributed by atoms with Gasteiger partial charge in [0.25, 0.3) is 0 Å². The van der Waals surface area contributed by atoms with Gasteiger partial charge in [0.05, 0.1) is 5.66 Å². The van der Waals surface area contributed by atoms with E-state index < -0.39 is 0 Å². The van der Waals surface area contributed by atoms with E-state index in [1.807, 2.05) is 21.1 Å². The van der Waals surface area contributed by atoms with E-state index >= 15 is 0 Å². The van der Waals surface area contributed by atoms with Crippen LogP contribution in [0.2, 0.25) is 0 Å². The molecule has 3 heteroatoms. The molecule has 16 heavy (non-hydrogen) atoms. The first-order valence-electron chi connectivity index (χ1n) is 6.19. The molecule has 0 heterocycles. The highest BCUT2D eigenvalue weighted by Crippen LogP contribution is 2.31. The fourth-order valence-corrected chi connectivity index (χ4v) is 2.44. The Morgan fingerprint density at radius 1 is 1.25 bits per heavy atom. The van der Waals surface area contributed by atoms with Gasteiger partial charge in [0, 0.05) is 18.3 Å². The van der Waals surface area contributed by atoms with Crippen LogP contribution in [-0.2, 0) is 0 Å². The summed E-state index contributed by atoms with van der Waals surface area (Å²) in [6.45, 7) is 2.17. The monoisotopic (exact) mass is 223 g/mol. The molecule has 0 aromatic heterocycles. The van der Waals surface area contributed by atoms with Crippen LogP contribution in [0, 0.1) is 0 Å². The number of allylic oxidation sites excluding steroid dienone is 2. The molecule has 0 saturated heterocycles. The smallest absolute Gasteiger partial charge is 0.0961 e. The summed E-state index contributed by atoms with van der Waals surface area (Å²) in [5.74, 6) is 0. The van der Waals surface area contributed by atoms with Crippen LogP contribution in [0.1, 0.15) is 32.6 Å². The summed E-state index contributed by atoms with van der Waals surface area (Å²) >= 11 is 0. The van der Waals surface area contributed by atoms with Crippen LogP contribution >= 0.6 is 0 Å². The minimum Gasteiger partial charge on any atom is -0.391 e. The molecule has 0 aromatic rings. The van der Waals surface area contributed by atoms with E-state index in [2.05, 4.69) is 35.0 Å². The normalized spacial score (nSPS) is 20.5. The van der Waals surface area contributed by atoms with E-state index in [4.69, 9.17) is 0 Å². The van der Waals surface area contributed by atoms with Crippen LogP contribution in [0.25, 0.3) is 0 Å². The number of hydrogen-bond donors (Lipinski definition) is 3. The maximum atomic E-state index is 3.43. The first-order chi connectivity index (χ1) is 7.74. The molecule has 1 rings (SSSR count). The third kappa shape index (κ3) is 2.47. The highest BCUT2D eigenvalue weighted by Gasteiger charge is 2.34. The Balaban J connectivity index is 3.11. The zero-order valence-corrected chi connectivity index (χ0v) is 11.0. The van der Waals surface area contributed by atoms with Gasteiger partial charge in [-0.05, 0) is 39.8 Å². The van der Waals surface area contributed by atoms with Gasteiger partial charge >= 0.3 is 0 Å². The molecular weight excluding hydrogens is 198 g/mol. The van der Waals surface area contributed by atoms with Crippen LogP contribution in [0.15, 0.2) is 23.4 Å². The second-order valence-electron chi connectivity index (χ2n) is 4.21. The van der Waals surface area contributed by atoms with Crippen molar-refractivity contribution in [1.82, 2.24) is 16.0 Å². The average molecular weight is 223 g/mol.